The summed E-state index contributed by atoms with van der Waals surface area (Å²) in [5, 5.41) is 41.0. The number of carboxylic acid groups (broad SMARTS) is 1. The number of aliphatic hydroxyl groups excluding tert-OH is 3. The molecule has 3 saturated heterocycles. The summed E-state index contributed by atoms with van der Waals surface area (Å²) in [6.45, 7) is 6.07. The molecule has 2 aliphatic carbocycles. The standard InChI is InChI=1S/C29H38O10/c1-17-7-10-27(15-30)21(12-17)38-22-14-20(26(27,3)29(22)16-37-29)39-24(34)6-4-5-9-28(18(2)31)25(35)19(8-11-36-28)13-23(32)33/h4-6,9,12-13,18,20-22,25,30-31,35H,7-8,10-11,14-16H2,1-3H3,(H,32,33). The predicted molar refractivity (Wildman–Crippen MR) is 137 cm³/mol. The lowest BCUT2D eigenvalue weighted by Crippen LogP contribution is -2.66. The van der Waals surface area contributed by atoms with Crippen molar-refractivity contribution in [2.75, 3.05) is 19.8 Å². The molecule has 0 aromatic carbocycles. The maximum absolute atomic E-state index is 13.0. The lowest BCUT2D eigenvalue weighted by atomic mass is 9.51. The number of epoxide rings is 1. The van der Waals surface area contributed by atoms with Crippen LogP contribution in [0.5, 0.6) is 0 Å². The van der Waals surface area contributed by atoms with E-state index in [-0.39, 0.29) is 37.4 Å². The summed E-state index contributed by atoms with van der Waals surface area (Å²) in [5.41, 5.74) is -1.96. The van der Waals surface area contributed by atoms with Gasteiger partial charge in [0.25, 0.3) is 0 Å². The third kappa shape index (κ3) is 4.15. The molecule has 4 fully saturated rings. The first-order valence-corrected chi connectivity index (χ1v) is 13.5. The number of hydrogen-bond acceptors (Lipinski definition) is 9. The first-order valence-electron chi connectivity index (χ1n) is 13.5. The number of carboxylic acids is 1. The normalized spacial score (nSPS) is 45.0. The number of allylic oxidation sites excluding steroid dienone is 3. The number of hydrogen-bond donors (Lipinski definition) is 4. The summed E-state index contributed by atoms with van der Waals surface area (Å²) < 4.78 is 24.2. The van der Waals surface area contributed by atoms with E-state index < -0.39 is 52.3 Å². The fourth-order valence-corrected chi connectivity index (χ4v) is 7.47. The number of aliphatic hydroxyl groups is 3. The van der Waals surface area contributed by atoms with Crippen LogP contribution in [0.15, 0.2) is 47.6 Å². The summed E-state index contributed by atoms with van der Waals surface area (Å²) in [4.78, 5) is 24.1. The molecule has 0 radical (unpaired) electrons. The third-order valence-corrected chi connectivity index (χ3v) is 9.94. The van der Waals surface area contributed by atoms with Gasteiger partial charge in [0.15, 0.2) is 0 Å². The Labute approximate surface area is 227 Å². The van der Waals surface area contributed by atoms with Crippen molar-refractivity contribution in [3.05, 3.63) is 47.6 Å². The largest absolute Gasteiger partial charge is 0.478 e. The van der Waals surface area contributed by atoms with Crippen LogP contribution in [0.25, 0.3) is 0 Å². The maximum Gasteiger partial charge on any atom is 0.331 e. The van der Waals surface area contributed by atoms with Crippen molar-refractivity contribution in [3.63, 3.8) is 0 Å². The number of carbonyl (C=O) groups is 2. The molecule has 39 heavy (non-hydrogen) atoms. The minimum Gasteiger partial charge on any atom is -0.478 e. The molecule has 9 unspecified atom stereocenters. The molecule has 10 heteroatoms. The smallest absolute Gasteiger partial charge is 0.331 e. The first kappa shape index (κ1) is 28.2. The topological polar surface area (TPSA) is 155 Å². The van der Waals surface area contributed by atoms with E-state index in [1.165, 1.54) is 36.8 Å². The molecular weight excluding hydrogens is 508 g/mol. The summed E-state index contributed by atoms with van der Waals surface area (Å²) in [6.07, 6.45) is 7.24. The Balaban J connectivity index is 1.33. The van der Waals surface area contributed by atoms with E-state index in [9.17, 15) is 24.9 Å². The molecule has 2 bridgehead atoms. The van der Waals surface area contributed by atoms with Crippen LogP contribution >= 0.6 is 0 Å². The van der Waals surface area contributed by atoms with Crippen LogP contribution < -0.4 is 0 Å². The Bertz CT molecular complexity index is 1130. The molecule has 4 N–H and O–H groups in total. The quantitative estimate of drug-likeness (QED) is 0.122. The molecule has 5 rings (SSSR count). The molecule has 10 nitrogen and oxygen atoms in total. The number of esters is 1. The van der Waals surface area contributed by atoms with E-state index in [0.717, 1.165) is 12.5 Å². The van der Waals surface area contributed by atoms with Gasteiger partial charge in [0, 0.05) is 29.4 Å². The molecule has 3 heterocycles. The zero-order valence-corrected chi connectivity index (χ0v) is 22.5. The van der Waals surface area contributed by atoms with E-state index in [4.69, 9.17) is 24.1 Å². The fraction of sp³-hybridized carbons (Fsp3) is 0.655. The molecule has 0 amide bonds. The van der Waals surface area contributed by atoms with Crippen molar-refractivity contribution in [3.8, 4) is 0 Å². The summed E-state index contributed by atoms with van der Waals surface area (Å²) >= 11 is 0. The molecular formula is C29H38O10. The Morgan fingerprint density at radius 3 is 2.64 bits per heavy atom. The van der Waals surface area contributed by atoms with Gasteiger partial charge in [0.2, 0.25) is 0 Å². The Kier molecular flexibility index (Phi) is 7.18. The van der Waals surface area contributed by atoms with E-state index in [1.54, 1.807) is 0 Å². The van der Waals surface area contributed by atoms with Gasteiger partial charge >= 0.3 is 11.9 Å². The second-order valence-electron chi connectivity index (χ2n) is 11.7. The van der Waals surface area contributed by atoms with Crippen molar-refractivity contribution in [2.24, 2.45) is 10.8 Å². The molecule has 1 saturated carbocycles. The highest BCUT2D eigenvalue weighted by molar-refractivity contribution is 5.82. The predicted octanol–water partition coefficient (Wildman–Crippen LogP) is 1.59. The van der Waals surface area contributed by atoms with Crippen LogP contribution in [-0.2, 0) is 28.5 Å². The first-order chi connectivity index (χ1) is 18.5. The fourth-order valence-electron chi connectivity index (χ4n) is 7.47. The van der Waals surface area contributed by atoms with E-state index >= 15 is 0 Å². The SMILES string of the molecule is CC1=CC2OC3CC(OC(=O)C=CC=CC4(C(C)O)OCCC(=CC(=O)O)C4O)C(C)(C2(CO)CC1)C31CO1. The lowest BCUT2D eigenvalue weighted by Gasteiger charge is -2.58. The van der Waals surface area contributed by atoms with Crippen molar-refractivity contribution < 1.29 is 49.0 Å². The van der Waals surface area contributed by atoms with Crippen LogP contribution in [0.1, 0.15) is 46.5 Å². The van der Waals surface area contributed by atoms with E-state index in [0.29, 0.717) is 19.4 Å². The van der Waals surface area contributed by atoms with E-state index in [1.807, 2.05) is 0 Å². The second kappa shape index (κ2) is 9.94. The third-order valence-electron chi connectivity index (χ3n) is 9.94. The van der Waals surface area contributed by atoms with Crippen molar-refractivity contribution in [1.29, 1.82) is 0 Å². The van der Waals surface area contributed by atoms with Crippen LogP contribution in [-0.4, -0.2) is 93.9 Å². The number of aliphatic carboxylic acids is 1. The maximum atomic E-state index is 13.0. The van der Waals surface area contributed by atoms with Crippen molar-refractivity contribution in [1.82, 2.24) is 0 Å². The van der Waals surface area contributed by atoms with Gasteiger partial charge < -0.3 is 39.4 Å². The summed E-state index contributed by atoms with van der Waals surface area (Å²) in [5.74, 6) is -1.77. The zero-order chi connectivity index (χ0) is 28.2. The van der Waals surface area contributed by atoms with Crippen LogP contribution in [0.4, 0.5) is 0 Å². The zero-order valence-electron chi connectivity index (χ0n) is 22.5. The van der Waals surface area contributed by atoms with Gasteiger partial charge in [-0.25, -0.2) is 9.59 Å². The number of carbonyl (C=O) groups excluding carboxylic acids is 1. The molecule has 214 valence electrons. The number of ether oxygens (including phenoxy) is 4. The summed E-state index contributed by atoms with van der Waals surface area (Å²) in [6, 6.07) is 0. The Morgan fingerprint density at radius 2 is 2.00 bits per heavy atom. The highest BCUT2D eigenvalue weighted by atomic mass is 16.6. The van der Waals surface area contributed by atoms with Gasteiger partial charge in [0.1, 0.15) is 23.4 Å². The minimum atomic E-state index is -1.56. The second-order valence-corrected chi connectivity index (χ2v) is 11.7. The Morgan fingerprint density at radius 1 is 1.26 bits per heavy atom. The van der Waals surface area contributed by atoms with Crippen LogP contribution in [0.3, 0.4) is 0 Å². The number of rotatable bonds is 7. The van der Waals surface area contributed by atoms with Gasteiger partial charge in [-0.2, -0.15) is 0 Å². The van der Waals surface area contributed by atoms with E-state index in [2.05, 4.69) is 19.9 Å². The highest BCUT2D eigenvalue weighted by Crippen LogP contribution is 2.71. The van der Waals surface area contributed by atoms with Gasteiger partial charge in [0.05, 0.1) is 38.1 Å². The van der Waals surface area contributed by atoms with Gasteiger partial charge in [-0.1, -0.05) is 30.7 Å². The van der Waals surface area contributed by atoms with Crippen LogP contribution in [0, 0.1) is 10.8 Å². The van der Waals surface area contributed by atoms with Crippen molar-refractivity contribution in [2.45, 2.75) is 88.2 Å². The van der Waals surface area contributed by atoms with Gasteiger partial charge in [-0.05, 0) is 44.8 Å². The average Bonchev–Trinajstić information content (AvgIpc) is 3.66. The Hall–Kier alpha value is -2.34. The summed E-state index contributed by atoms with van der Waals surface area (Å²) in [7, 11) is 0. The monoisotopic (exact) mass is 546 g/mol. The molecule has 0 aromatic heterocycles. The minimum absolute atomic E-state index is 0.107. The molecule has 3 aliphatic heterocycles. The molecule has 1 spiro atoms. The van der Waals surface area contributed by atoms with Gasteiger partial charge in [-0.15, -0.1) is 0 Å². The average molecular weight is 547 g/mol. The molecule has 9 atom stereocenters. The lowest BCUT2D eigenvalue weighted by molar-refractivity contribution is -0.228. The number of fused-ring (bicyclic) bond motifs is 2. The molecule has 5 aliphatic rings. The molecule has 0 aromatic rings. The van der Waals surface area contributed by atoms with Crippen molar-refractivity contribution >= 4 is 11.9 Å². The highest BCUT2D eigenvalue weighted by Gasteiger charge is 2.82. The van der Waals surface area contributed by atoms with Gasteiger partial charge in [-0.3, -0.25) is 0 Å². The van der Waals surface area contributed by atoms with Crippen LogP contribution in [0.2, 0.25) is 0 Å².